The van der Waals surface area contributed by atoms with Crippen molar-refractivity contribution in [3.05, 3.63) is 87.0 Å². The largest absolute Gasteiger partial charge is 0.372 e. The Hall–Kier alpha value is -2.94. The Kier molecular flexibility index (Phi) is 7.79. The van der Waals surface area contributed by atoms with Crippen molar-refractivity contribution < 1.29 is 9.53 Å². The molecule has 2 aromatic heterocycles. The average Bonchev–Trinajstić information content (AvgIpc) is 3.27. The molecule has 0 radical (unpaired) electrons. The lowest BCUT2D eigenvalue weighted by Gasteiger charge is -2.26. The Morgan fingerprint density at radius 2 is 1.84 bits per heavy atom. The van der Waals surface area contributed by atoms with Crippen molar-refractivity contribution in [1.82, 2.24) is 9.55 Å². The Morgan fingerprint density at radius 3 is 2.54 bits per heavy atom. The SMILES string of the molecule is CC(C)[C@@H]1Cc2c(sc3nc(S[C@H](C)C(=O)Nc4ccccc4)n(CCc4ccccc4)c(=O)c23)CO1. The highest BCUT2D eigenvalue weighted by Crippen LogP contribution is 2.36. The highest BCUT2D eigenvalue weighted by atomic mass is 32.2. The van der Waals surface area contributed by atoms with E-state index in [-0.39, 0.29) is 17.6 Å². The molecule has 2 aromatic carbocycles. The summed E-state index contributed by atoms with van der Waals surface area (Å²) in [5.74, 6) is 0.244. The van der Waals surface area contributed by atoms with Gasteiger partial charge in [0.1, 0.15) is 4.83 Å². The highest BCUT2D eigenvalue weighted by Gasteiger charge is 2.29. The zero-order valence-electron chi connectivity index (χ0n) is 21.3. The van der Waals surface area contributed by atoms with E-state index in [2.05, 4.69) is 31.3 Å². The molecule has 0 unspecified atom stereocenters. The van der Waals surface area contributed by atoms with Gasteiger partial charge in [0.25, 0.3) is 5.56 Å². The van der Waals surface area contributed by atoms with Gasteiger partial charge >= 0.3 is 0 Å². The standard InChI is InChI=1S/C29H31N3O3S2/c1-18(2)23-16-22-24(17-35-23)37-27-25(22)28(34)32(15-14-20-10-6-4-7-11-20)29(31-27)36-19(3)26(33)30-21-12-8-5-9-13-21/h4-13,18-19,23H,14-17H2,1-3H3,(H,30,33)/t19-,23+/m1/s1. The molecule has 5 rings (SSSR count). The minimum absolute atomic E-state index is 0.0268. The second-order valence-electron chi connectivity index (χ2n) is 9.68. The van der Waals surface area contributed by atoms with Gasteiger partial charge in [0, 0.05) is 23.5 Å². The third kappa shape index (κ3) is 5.66. The molecule has 192 valence electrons. The van der Waals surface area contributed by atoms with E-state index in [1.807, 2.05) is 55.5 Å². The third-order valence-corrected chi connectivity index (χ3v) is 8.89. The first-order valence-corrected chi connectivity index (χ1v) is 14.3. The quantitative estimate of drug-likeness (QED) is 0.225. The van der Waals surface area contributed by atoms with E-state index in [0.717, 1.165) is 32.9 Å². The molecule has 0 spiro atoms. The summed E-state index contributed by atoms with van der Waals surface area (Å²) in [6.45, 7) is 7.16. The molecule has 1 aliphatic heterocycles. The maximum atomic E-state index is 14.0. The number of benzene rings is 2. The fraction of sp³-hybridized carbons (Fsp3) is 0.345. The van der Waals surface area contributed by atoms with E-state index < -0.39 is 5.25 Å². The van der Waals surface area contributed by atoms with Crippen molar-refractivity contribution in [3.63, 3.8) is 0 Å². The van der Waals surface area contributed by atoms with Gasteiger partial charge < -0.3 is 10.1 Å². The van der Waals surface area contributed by atoms with Crippen LogP contribution < -0.4 is 10.9 Å². The van der Waals surface area contributed by atoms with Crippen LogP contribution in [0.5, 0.6) is 0 Å². The summed E-state index contributed by atoms with van der Waals surface area (Å²) >= 11 is 2.87. The summed E-state index contributed by atoms with van der Waals surface area (Å²) in [4.78, 5) is 33.7. The van der Waals surface area contributed by atoms with Crippen LogP contribution in [0.1, 0.15) is 36.8 Å². The van der Waals surface area contributed by atoms with Gasteiger partial charge in [-0.1, -0.05) is 74.1 Å². The van der Waals surface area contributed by atoms with E-state index in [1.165, 1.54) is 23.1 Å². The predicted octanol–water partition coefficient (Wildman–Crippen LogP) is 5.92. The van der Waals surface area contributed by atoms with E-state index >= 15 is 0 Å². The molecule has 4 aromatic rings. The lowest BCUT2D eigenvalue weighted by atomic mass is 9.96. The van der Waals surface area contributed by atoms with Crippen molar-refractivity contribution >= 4 is 44.9 Å². The number of thiophene rings is 1. The number of anilines is 1. The van der Waals surface area contributed by atoms with Gasteiger partial charge in [-0.25, -0.2) is 4.98 Å². The highest BCUT2D eigenvalue weighted by molar-refractivity contribution is 8.00. The average molecular weight is 534 g/mol. The summed E-state index contributed by atoms with van der Waals surface area (Å²) in [5, 5.41) is 3.81. The lowest BCUT2D eigenvalue weighted by Crippen LogP contribution is -2.29. The molecule has 0 aliphatic carbocycles. The van der Waals surface area contributed by atoms with Crippen LogP contribution in [-0.2, 0) is 35.5 Å². The first-order valence-electron chi connectivity index (χ1n) is 12.6. The molecule has 3 heterocycles. The van der Waals surface area contributed by atoms with Gasteiger partial charge in [0.15, 0.2) is 5.16 Å². The number of para-hydroxylation sites is 1. The number of nitrogens with one attached hydrogen (secondary N) is 1. The number of hydrogen-bond donors (Lipinski definition) is 1. The van der Waals surface area contributed by atoms with Gasteiger partial charge in [0.2, 0.25) is 5.91 Å². The first kappa shape index (κ1) is 25.7. The minimum Gasteiger partial charge on any atom is -0.372 e. The van der Waals surface area contributed by atoms with Gasteiger partial charge in [0.05, 0.1) is 23.3 Å². The zero-order valence-corrected chi connectivity index (χ0v) is 22.9. The van der Waals surface area contributed by atoms with Crippen molar-refractivity contribution in [2.75, 3.05) is 5.32 Å². The topological polar surface area (TPSA) is 73.2 Å². The lowest BCUT2D eigenvalue weighted by molar-refractivity contribution is -0.115. The van der Waals surface area contributed by atoms with E-state index in [9.17, 15) is 9.59 Å². The summed E-state index contributed by atoms with van der Waals surface area (Å²) in [5.41, 5.74) is 2.96. The van der Waals surface area contributed by atoms with Crippen molar-refractivity contribution in [3.8, 4) is 0 Å². The number of amides is 1. The van der Waals surface area contributed by atoms with Crippen molar-refractivity contribution in [2.24, 2.45) is 5.92 Å². The molecule has 6 nitrogen and oxygen atoms in total. The van der Waals surface area contributed by atoms with Crippen LogP contribution in [0.25, 0.3) is 10.2 Å². The Balaban J connectivity index is 1.50. The fourth-order valence-corrected chi connectivity index (χ4v) is 6.62. The predicted molar refractivity (Wildman–Crippen MR) is 152 cm³/mol. The Labute approximate surface area is 225 Å². The van der Waals surface area contributed by atoms with Gasteiger partial charge in [-0.3, -0.25) is 14.2 Å². The maximum Gasteiger partial charge on any atom is 0.263 e. The molecular formula is C29H31N3O3S2. The Bertz CT molecular complexity index is 1450. The molecule has 1 N–H and O–H groups in total. The summed E-state index contributed by atoms with van der Waals surface area (Å²) in [6, 6.07) is 19.5. The van der Waals surface area contributed by atoms with Crippen LogP contribution in [0.4, 0.5) is 5.69 Å². The monoisotopic (exact) mass is 533 g/mol. The van der Waals surface area contributed by atoms with E-state index in [1.54, 1.807) is 4.57 Å². The smallest absolute Gasteiger partial charge is 0.263 e. The second kappa shape index (κ2) is 11.2. The van der Waals surface area contributed by atoms with Crippen LogP contribution in [0, 0.1) is 5.92 Å². The van der Waals surface area contributed by atoms with Crippen molar-refractivity contribution in [1.29, 1.82) is 0 Å². The van der Waals surface area contributed by atoms with E-state index in [4.69, 9.17) is 9.72 Å². The number of aromatic nitrogens is 2. The molecule has 1 amide bonds. The molecule has 37 heavy (non-hydrogen) atoms. The van der Waals surface area contributed by atoms with Gasteiger partial charge in [-0.15, -0.1) is 11.3 Å². The fourth-order valence-electron chi connectivity index (χ4n) is 4.52. The number of carbonyl (C=O) groups is 1. The third-order valence-electron chi connectivity index (χ3n) is 6.70. The van der Waals surface area contributed by atoms with Crippen LogP contribution in [0.2, 0.25) is 0 Å². The number of thioether (sulfide) groups is 1. The summed E-state index contributed by atoms with van der Waals surface area (Å²) < 4.78 is 7.83. The van der Waals surface area contributed by atoms with E-state index in [0.29, 0.717) is 36.0 Å². The molecular weight excluding hydrogens is 502 g/mol. The number of hydrogen-bond acceptors (Lipinski definition) is 6. The second-order valence-corrected chi connectivity index (χ2v) is 12.1. The van der Waals surface area contributed by atoms with Crippen LogP contribution in [0.3, 0.4) is 0 Å². The molecule has 2 atom stereocenters. The summed E-state index contributed by atoms with van der Waals surface area (Å²) in [7, 11) is 0. The molecule has 0 fully saturated rings. The number of fused-ring (bicyclic) bond motifs is 3. The van der Waals surface area contributed by atoms with Gasteiger partial charge in [-0.2, -0.15) is 0 Å². The summed E-state index contributed by atoms with van der Waals surface area (Å²) in [6.07, 6.45) is 1.53. The number of carbonyl (C=O) groups excluding carboxylic acids is 1. The molecule has 1 aliphatic rings. The maximum absolute atomic E-state index is 14.0. The minimum atomic E-state index is -0.434. The number of aryl methyl sites for hydroxylation is 1. The first-order chi connectivity index (χ1) is 17.9. The zero-order chi connectivity index (χ0) is 25.9. The normalized spacial score (nSPS) is 16.1. The number of nitrogens with zero attached hydrogens (tertiary/aromatic N) is 2. The number of ether oxygens (including phenoxy) is 1. The van der Waals surface area contributed by atoms with Crippen LogP contribution in [-0.4, -0.2) is 26.8 Å². The molecule has 0 saturated heterocycles. The Morgan fingerprint density at radius 1 is 1.14 bits per heavy atom. The molecule has 0 bridgehead atoms. The number of rotatable bonds is 8. The molecule has 8 heteroatoms. The van der Waals surface area contributed by atoms with Gasteiger partial charge in [-0.05, 0) is 42.5 Å². The van der Waals surface area contributed by atoms with Crippen molar-refractivity contribution in [2.45, 2.75) is 63.3 Å². The molecule has 0 saturated carbocycles. The van der Waals surface area contributed by atoms with Crippen LogP contribution >= 0.6 is 23.1 Å². The van der Waals surface area contributed by atoms with Crippen LogP contribution in [0.15, 0.2) is 70.6 Å².